The van der Waals surface area contributed by atoms with Gasteiger partial charge in [0.15, 0.2) is 0 Å². The van der Waals surface area contributed by atoms with Gasteiger partial charge in [0.2, 0.25) is 0 Å². The normalized spacial score (nSPS) is 10.8. The molecule has 0 spiro atoms. The molecule has 0 aliphatic heterocycles. The molecule has 0 unspecified atom stereocenters. The van der Waals surface area contributed by atoms with Gasteiger partial charge >= 0.3 is 5.97 Å². The zero-order chi connectivity index (χ0) is 14.1. The highest BCUT2D eigenvalue weighted by molar-refractivity contribution is 9.10. The number of hydrogen-bond acceptors (Lipinski definition) is 2. The minimum Gasteiger partial charge on any atom is -0.478 e. The molecule has 1 N–H and O–H groups in total. The molecule has 4 nitrogen and oxygen atoms in total. The van der Waals surface area contributed by atoms with Gasteiger partial charge < -0.3 is 9.67 Å². The van der Waals surface area contributed by atoms with Crippen LogP contribution in [0.1, 0.15) is 15.9 Å². The zero-order valence-corrected chi connectivity index (χ0v) is 12.0. The van der Waals surface area contributed by atoms with Crippen LogP contribution in [0.3, 0.4) is 0 Å². The van der Waals surface area contributed by atoms with E-state index in [9.17, 15) is 4.79 Å². The maximum atomic E-state index is 11.0. The average Bonchev–Trinajstić information content (AvgIpc) is 2.81. The molecule has 20 heavy (non-hydrogen) atoms. The van der Waals surface area contributed by atoms with Crippen molar-refractivity contribution in [1.82, 2.24) is 9.55 Å². The van der Waals surface area contributed by atoms with Crippen molar-refractivity contribution < 1.29 is 9.90 Å². The van der Waals surface area contributed by atoms with E-state index in [2.05, 4.69) is 20.9 Å². The summed E-state index contributed by atoms with van der Waals surface area (Å²) >= 11 is 3.39. The van der Waals surface area contributed by atoms with Crippen molar-refractivity contribution in [1.29, 1.82) is 0 Å². The Balaban J connectivity index is 2.03. The SMILES string of the molecule is O=C(O)c1cc(Br)n(Cc2ccnc3ccccc23)c1. The van der Waals surface area contributed by atoms with Gasteiger partial charge in [0.25, 0.3) is 0 Å². The van der Waals surface area contributed by atoms with Gasteiger partial charge in [-0.15, -0.1) is 0 Å². The predicted octanol–water partition coefficient (Wildman–Crippen LogP) is 3.55. The highest BCUT2D eigenvalue weighted by Gasteiger charge is 2.10. The van der Waals surface area contributed by atoms with Gasteiger partial charge in [-0.2, -0.15) is 0 Å². The fourth-order valence-corrected chi connectivity index (χ4v) is 2.67. The van der Waals surface area contributed by atoms with Crippen molar-refractivity contribution in [2.45, 2.75) is 6.54 Å². The van der Waals surface area contributed by atoms with Crippen molar-refractivity contribution in [3.8, 4) is 0 Å². The molecule has 2 aromatic heterocycles. The van der Waals surface area contributed by atoms with Crippen molar-refractivity contribution in [2.24, 2.45) is 0 Å². The predicted molar refractivity (Wildman–Crippen MR) is 79.9 cm³/mol. The van der Waals surface area contributed by atoms with Crippen LogP contribution in [0.15, 0.2) is 53.4 Å². The van der Waals surface area contributed by atoms with Crippen molar-refractivity contribution >= 4 is 32.8 Å². The Labute approximate surface area is 123 Å². The summed E-state index contributed by atoms with van der Waals surface area (Å²) in [6.45, 7) is 0.594. The first kappa shape index (κ1) is 12.9. The van der Waals surface area contributed by atoms with E-state index in [-0.39, 0.29) is 5.56 Å². The van der Waals surface area contributed by atoms with E-state index in [1.807, 2.05) is 34.9 Å². The third-order valence-electron chi connectivity index (χ3n) is 3.17. The lowest BCUT2D eigenvalue weighted by molar-refractivity contribution is 0.0697. The molecule has 0 amide bonds. The van der Waals surface area contributed by atoms with Gasteiger partial charge in [-0.3, -0.25) is 4.98 Å². The van der Waals surface area contributed by atoms with Gasteiger partial charge in [0.1, 0.15) is 0 Å². The largest absolute Gasteiger partial charge is 0.478 e. The molecule has 0 radical (unpaired) electrons. The maximum absolute atomic E-state index is 11.0. The minimum absolute atomic E-state index is 0.273. The lowest BCUT2D eigenvalue weighted by Crippen LogP contribution is -2.00. The van der Waals surface area contributed by atoms with Gasteiger partial charge in [0.05, 0.1) is 15.7 Å². The van der Waals surface area contributed by atoms with E-state index in [4.69, 9.17) is 5.11 Å². The Morgan fingerprint density at radius 2 is 2.10 bits per heavy atom. The van der Waals surface area contributed by atoms with Crippen molar-refractivity contribution in [2.75, 3.05) is 0 Å². The summed E-state index contributed by atoms with van der Waals surface area (Å²) in [6, 6.07) is 11.5. The number of pyridine rings is 1. The molecule has 1 aromatic carbocycles. The summed E-state index contributed by atoms with van der Waals surface area (Å²) in [4.78, 5) is 15.3. The number of nitrogens with zero attached hydrogens (tertiary/aromatic N) is 2. The second-order valence-corrected chi connectivity index (χ2v) is 5.28. The Bertz CT molecular complexity index is 790. The standard InChI is InChI=1S/C15H11BrN2O2/c16-14-7-11(15(19)20)9-18(14)8-10-5-6-17-13-4-2-1-3-12(10)13/h1-7,9H,8H2,(H,19,20). The summed E-state index contributed by atoms with van der Waals surface area (Å²) in [5, 5.41) is 10.1. The molecular formula is C15H11BrN2O2. The van der Waals surface area contributed by atoms with E-state index in [0.717, 1.165) is 21.1 Å². The first-order valence-corrected chi connectivity index (χ1v) is 6.86. The lowest BCUT2D eigenvalue weighted by atomic mass is 10.1. The van der Waals surface area contributed by atoms with Crippen LogP contribution in [-0.2, 0) is 6.54 Å². The molecule has 0 fully saturated rings. The van der Waals surface area contributed by atoms with Crippen LogP contribution in [0.2, 0.25) is 0 Å². The molecule has 100 valence electrons. The Hall–Kier alpha value is -2.14. The number of aromatic nitrogens is 2. The van der Waals surface area contributed by atoms with Gasteiger partial charge in [-0.05, 0) is 39.7 Å². The number of hydrogen-bond donors (Lipinski definition) is 1. The van der Waals surface area contributed by atoms with E-state index < -0.39 is 5.97 Å². The van der Waals surface area contributed by atoms with E-state index in [1.165, 1.54) is 0 Å². The summed E-state index contributed by atoms with van der Waals surface area (Å²) in [7, 11) is 0. The number of halogens is 1. The molecular weight excluding hydrogens is 320 g/mol. The van der Waals surface area contributed by atoms with E-state index in [0.29, 0.717) is 6.54 Å². The van der Waals surface area contributed by atoms with Crippen LogP contribution in [0.25, 0.3) is 10.9 Å². The summed E-state index contributed by atoms with van der Waals surface area (Å²) in [5.41, 5.74) is 2.31. The minimum atomic E-state index is -0.927. The molecule has 0 aliphatic rings. The van der Waals surface area contributed by atoms with E-state index >= 15 is 0 Å². The summed E-state index contributed by atoms with van der Waals surface area (Å²) in [6.07, 6.45) is 3.40. The van der Waals surface area contributed by atoms with Crippen LogP contribution in [0, 0.1) is 0 Å². The summed E-state index contributed by atoms with van der Waals surface area (Å²) in [5.74, 6) is -0.927. The Morgan fingerprint density at radius 1 is 1.30 bits per heavy atom. The van der Waals surface area contributed by atoms with Crippen LogP contribution in [0.5, 0.6) is 0 Å². The highest BCUT2D eigenvalue weighted by atomic mass is 79.9. The smallest absolute Gasteiger partial charge is 0.337 e. The molecule has 0 aliphatic carbocycles. The number of fused-ring (bicyclic) bond motifs is 1. The van der Waals surface area contributed by atoms with Crippen molar-refractivity contribution in [3.05, 3.63) is 64.5 Å². The zero-order valence-electron chi connectivity index (χ0n) is 10.5. The number of carboxylic acids is 1. The topological polar surface area (TPSA) is 55.1 Å². The lowest BCUT2D eigenvalue weighted by Gasteiger charge is -2.08. The molecule has 0 atom stereocenters. The fourth-order valence-electron chi connectivity index (χ4n) is 2.19. The monoisotopic (exact) mass is 330 g/mol. The number of benzene rings is 1. The molecule has 3 aromatic rings. The first-order valence-electron chi connectivity index (χ1n) is 6.07. The Kier molecular flexibility index (Phi) is 3.28. The molecule has 0 saturated carbocycles. The quantitative estimate of drug-likeness (QED) is 0.799. The van der Waals surface area contributed by atoms with Crippen LogP contribution >= 0.6 is 15.9 Å². The third-order valence-corrected chi connectivity index (χ3v) is 3.86. The van der Waals surface area contributed by atoms with Gasteiger partial charge in [-0.25, -0.2) is 4.79 Å². The van der Waals surface area contributed by atoms with E-state index in [1.54, 1.807) is 18.5 Å². The second kappa shape index (κ2) is 5.09. The van der Waals surface area contributed by atoms with Crippen LogP contribution in [-0.4, -0.2) is 20.6 Å². The molecule has 0 bridgehead atoms. The molecule has 3 rings (SSSR count). The Morgan fingerprint density at radius 3 is 2.85 bits per heavy atom. The number of carboxylic acid groups (broad SMARTS) is 1. The molecule has 2 heterocycles. The fraction of sp³-hybridized carbons (Fsp3) is 0.0667. The number of rotatable bonds is 3. The number of para-hydroxylation sites is 1. The van der Waals surface area contributed by atoms with Gasteiger partial charge in [0, 0.05) is 24.3 Å². The first-order chi connectivity index (χ1) is 9.65. The summed E-state index contributed by atoms with van der Waals surface area (Å²) < 4.78 is 2.61. The average molecular weight is 331 g/mol. The molecule has 0 saturated heterocycles. The second-order valence-electron chi connectivity index (χ2n) is 4.47. The number of carbonyl (C=O) groups is 1. The van der Waals surface area contributed by atoms with Gasteiger partial charge in [-0.1, -0.05) is 18.2 Å². The van der Waals surface area contributed by atoms with Crippen molar-refractivity contribution in [3.63, 3.8) is 0 Å². The maximum Gasteiger partial charge on any atom is 0.337 e. The van der Waals surface area contributed by atoms with Crippen LogP contribution < -0.4 is 0 Å². The molecule has 5 heteroatoms. The number of aromatic carboxylic acids is 1. The van der Waals surface area contributed by atoms with Crippen LogP contribution in [0.4, 0.5) is 0 Å². The third kappa shape index (κ3) is 2.32. The highest BCUT2D eigenvalue weighted by Crippen LogP contribution is 2.21.